The molecule has 162 valence electrons. The highest BCUT2D eigenvalue weighted by atomic mass is 16.6. The summed E-state index contributed by atoms with van der Waals surface area (Å²) in [6.07, 6.45) is -0.500. The Hall–Kier alpha value is -3.80. The smallest absolute Gasteiger partial charge is 0.410 e. The van der Waals surface area contributed by atoms with Gasteiger partial charge in [0.05, 0.1) is 13.0 Å². The van der Waals surface area contributed by atoms with Crippen LogP contribution in [0.1, 0.15) is 34.1 Å². The van der Waals surface area contributed by atoms with Gasteiger partial charge < -0.3 is 19.5 Å². The van der Waals surface area contributed by atoms with Crippen LogP contribution in [0.25, 0.3) is 11.1 Å². The highest BCUT2D eigenvalue weighted by molar-refractivity contribution is 5.80. The van der Waals surface area contributed by atoms with Gasteiger partial charge in [0.1, 0.15) is 12.4 Å². The molecule has 1 aliphatic carbocycles. The molecular weight excluding hydrogens is 406 g/mol. The van der Waals surface area contributed by atoms with Crippen LogP contribution in [-0.2, 0) is 16.1 Å². The number of carbonyl (C=O) groups is 2. The van der Waals surface area contributed by atoms with Gasteiger partial charge in [0, 0.05) is 19.0 Å². The van der Waals surface area contributed by atoms with E-state index < -0.39 is 18.0 Å². The second kappa shape index (κ2) is 8.04. The number of carboxylic acids is 1. The van der Waals surface area contributed by atoms with Crippen molar-refractivity contribution in [3.63, 3.8) is 0 Å². The maximum absolute atomic E-state index is 13.0. The summed E-state index contributed by atoms with van der Waals surface area (Å²) in [5.41, 5.74) is 6.08. The Bertz CT molecular complexity index is 1160. The molecule has 6 nitrogen and oxygen atoms in total. The number of methoxy groups -OCH3 is 1. The molecule has 0 saturated heterocycles. The van der Waals surface area contributed by atoms with Gasteiger partial charge in [0.2, 0.25) is 0 Å². The van der Waals surface area contributed by atoms with Gasteiger partial charge >= 0.3 is 12.1 Å². The van der Waals surface area contributed by atoms with Crippen LogP contribution in [0.15, 0.2) is 66.7 Å². The minimum Gasteiger partial charge on any atom is -0.497 e. The molecule has 0 fully saturated rings. The number of carbonyl (C=O) groups excluding carboxylic acids is 1. The van der Waals surface area contributed by atoms with Crippen LogP contribution in [0.3, 0.4) is 0 Å². The fourth-order valence-corrected chi connectivity index (χ4v) is 4.79. The van der Waals surface area contributed by atoms with Gasteiger partial charge in [0.25, 0.3) is 0 Å². The molecule has 0 spiro atoms. The van der Waals surface area contributed by atoms with Gasteiger partial charge in [-0.2, -0.15) is 0 Å². The number of rotatable bonds is 4. The van der Waals surface area contributed by atoms with Crippen molar-refractivity contribution in [2.75, 3.05) is 20.3 Å². The molecule has 1 unspecified atom stereocenters. The second-order valence-corrected chi connectivity index (χ2v) is 8.14. The largest absolute Gasteiger partial charge is 0.497 e. The molecule has 2 aliphatic rings. The lowest BCUT2D eigenvalue weighted by atomic mass is 9.89. The van der Waals surface area contributed by atoms with E-state index in [1.54, 1.807) is 19.2 Å². The lowest BCUT2D eigenvalue weighted by Gasteiger charge is -2.32. The van der Waals surface area contributed by atoms with Crippen LogP contribution in [-0.4, -0.2) is 42.3 Å². The fourth-order valence-electron chi connectivity index (χ4n) is 4.79. The van der Waals surface area contributed by atoms with E-state index in [0.29, 0.717) is 17.9 Å². The predicted molar refractivity (Wildman–Crippen MR) is 119 cm³/mol. The number of ether oxygens (including phenoxy) is 2. The van der Waals surface area contributed by atoms with Crippen molar-refractivity contribution >= 4 is 12.1 Å². The van der Waals surface area contributed by atoms with Gasteiger partial charge in [-0.05, 0) is 45.5 Å². The molecule has 0 bridgehead atoms. The zero-order valence-corrected chi connectivity index (χ0v) is 17.7. The van der Waals surface area contributed by atoms with E-state index in [-0.39, 0.29) is 19.1 Å². The third-order valence-electron chi connectivity index (χ3n) is 6.38. The SMILES string of the molecule is COc1ccc2c(c1)C(C(=O)O)CN(C(=O)OCC1c3ccccc3-c3ccccc31)C2. The predicted octanol–water partition coefficient (Wildman–Crippen LogP) is 4.63. The van der Waals surface area contributed by atoms with Crippen LogP contribution < -0.4 is 4.74 Å². The molecule has 1 heterocycles. The first-order valence-corrected chi connectivity index (χ1v) is 10.6. The summed E-state index contributed by atoms with van der Waals surface area (Å²) in [4.78, 5) is 26.3. The van der Waals surface area contributed by atoms with E-state index in [0.717, 1.165) is 27.8 Å². The van der Waals surface area contributed by atoms with Gasteiger partial charge in [0.15, 0.2) is 0 Å². The van der Waals surface area contributed by atoms with Crippen molar-refractivity contribution in [1.29, 1.82) is 0 Å². The molecular formula is C26H23NO5. The third-order valence-corrected chi connectivity index (χ3v) is 6.38. The summed E-state index contributed by atoms with van der Waals surface area (Å²) in [6, 6.07) is 21.6. The van der Waals surface area contributed by atoms with Crippen molar-refractivity contribution in [2.45, 2.75) is 18.4 Å². The normalized spacial score (nSPS) is 16.7. The Balaban J connectivity index is 1.35. The maximum atomic E-state index is 13.0. The first-order valence-electron chi connectivity index (χ1n) is 10.6. The van der Waals surface area contributed by atoms with Gasteiger partial charge in [-0.25, -0.2) is 4.79 Å². The Kier molecular flexibility index (Phi) is 5.05. The number of hydrogen-bond acceptors (Lipinski definition) is 4. The molecule has 1 atom stereocenters. The average molecular weight is 429 g/mol. The molecule has 0 radical (unpaired) electrons. The van der Waals surface area contributed by atoms with Crippen molar-refractivity contribution in [2.24, 2.45) is 0 Å². The zero-order valence-electron chi connectivity index (χ0n) is 17.7. The molecule has 5 rings (SSSR count). The van der Waals surface area contributed by atoms with Crippen LogP contribution in [0.2, 0.25) is 0 Å². The highest BCUT2D eigenvalue weighted by Crippen LogP contribution is 2.44. The van der Waals surface area contributed by atoms with Crippen molar-refractivity contribution in [1.82, 2.24) is 4.90 Å². The average Bonchev–Trinajstić information content (AvgIpc) is 3.15. The Labute approximate surface area is 186 Å². The number of benzene rings is 3. The van der Waals surface area contributed by atoms with E-state index in [4.69, 9.17) is 9.47 Å². The van der Waals surface area contributed by atoms with Crippen LogP contribution in [0.4, 0.5) is 4.79 Å². The standard InChI is InChI=1S/C26H23NO5/c1-31-17-11-10-16-13-27(14-23(25(28)29)22(16)12-17)26(30)32-15-24-20-8-4-2-6-18(20)19-7-3-5-9-21(19)24/h2-12,23-24H,13-15H2,1H3,(H,28,29). The molecule has 1 amide bonds. The lowest BCUT2D eigenvalue weighted by Crippen LogP contribution is -2.41. The Morgan fingerprint density at radius 2 is 1.62 bits per heavy atom. The van der Waals surface area contributed by atoms with E-state index in [2.05, 4.69) is 24.3 Å². The van der Waals surface area contributed by atoms with E-state index in [1.165, 1.54) is 4.90 Å². The first kappa shape index (κ1) is 20.1. The lowest BCUT2D eigenvalue weighted by molar-refractivity contribution is -0.139. The molecule has 0 saturated carbocycles. The van der Waals surface area contributed by atoms with Crippen LogP contribution >= 0.6 is 0 Å². The number of aliphatic carboxylic acids is 1. The second-order valence-electron chi connectivity index (χ2n) is 8.14. The van der Waals surface area contributed by atoms with Crippen LogP contribution in [0.5, 0.6) is 5.75 Å². The Morgan fingerprint density at radius 1 is 0.969 bits per heavy atom. The molecule has 6 heteroatoms. The minimum atomic E-state index is -0.976. The number of carboxylic acid groups (broad SMARTS) is 1. The quantitative estimate of drug-likeness (QED) is 0.655. The van der Waals surface area contributed by atoms with Gasteiger partial charge in [-0.3, -0.25) is 4.79 Å². The number of amides is 1. The highest BCUT2D eigenvalue weighted by Gasteiger charge is 2.35. The molecule has 32 heavy (non-hydrogen) atoms. The number of nitrogens with zero attached hydrogens (tertiary/aromatic N) is 1. The number of fused-ring (bicyclic) bond motifs is 4. The molecule has 0 aromatic heterocycles. The topological polar surface area (TPSA) is 76.1 Å². The van der Waals surface area contributed by atoms with Crippen molar-refractivity contribution in [3.8, 4) is 16.9 Å². The summed E-state index contributed by atoms with van der Waals surface area (Å²) < 4.78 is 11.0. The zero-order chi connectivity index (χ0) is 22.2. The van der Waals surface area contributed by atoms with Gasteiger partial charge in [-0.1, -0.05) is 54.6 Å². The molecule has 1 aliphatic heterocycles. The molecule has 1 N–H and O–H groups in total. The van der Waals surface area contributed by atoms with Crippen LogP contribution in [0, 0.1) is 0 Å². The fraction of sp³-hybridized carbons (Fsp3) is 0.231. The molecule has 3 aromatic carbocycles. The maximum Gasteiger partial charge on any atom is 0.410 e. The monoisotopic (exact) mass is 429 g/mol. The van der Waals surface area contributed by atoms with Crippen molar-refractivity contribution in [3.05, 3.63) is 89.0 Å². The summed E-state index contributed by atoms with van der Waals surface area (Å²) in [6.45, 7) is 0.572. The minimum absolute atomic E-state index is 0.0389. The van der Waals surface area contributed by atoms with E-state index in [9.17, 15) is 14.7 Å². The molecule has 3 aromatic rings. The van der Waals surface area contributed by atoms with E-state index >= 15 is 0 Å². The van der Waals surface area contributed by atoms with E-state index in [1.807, 2.05) is 30.3 Å². The summed E-state index contributed by atoms with van der Waals surface area (Å²) in [5, 5.41) is 9.75. The summed E-state index contributed by atoms with van der Waals surface area (Å²) >= 11 is 0. The third kappa shape index (κ3) is 3.38. The Morgan fingerprint density at radius 3 is 2.25 bits per heavy atom. The van der Waals surface area contributed by atoms with Gasteiger partial charge in [-0.15, -0.1) is 0 Å². The number of hydrogen-bond donors (Lipinski definition) is 1. The summed E-state index contributed by atoms with van der Waals surface area (Å²) in [7, 11) is 1.54. The van der Waals surface area contributed by atoms with Crippen molar-refractivity contribution < 1.29 is 24.2 Å². The summed E-state index contributed by atoms with van der Waals surface area (Å²) in [5.74, 6) is -1.24. The first-order chi connectivity index (χ1) is 15.6.